The van der Waals surface area contributed by atoms with Gasteiger partial charge in [0.15, 0.2) is 25.5 Å². The van der Waals surface area contributed by atoms with Gasteiger partial charge in [0.1, 0.15) is 0 Å². The second-order valence-electron chi connectivity index (χ2n) is 3.57. The SMILES string of the molecule is COC(=O)/C=C/c1ccc[n+](CCOC(C)=O)c1.[Br-]. The van der Waals surface area contributed by atoms with E-state index in [4.69, 9.17) is 4.74 Å². The van der Waals surface area contributed by atoms with Crippen LogP contribution in [-0.2, 0) is 25.6 Å². The van der Waals surface area contributed by atoms with Gasteiger partial charge < -0.3 is 26.5 Å². The van der Waals surface area contributed by atoms with Crippen molar-refractivity contribution >= 4 is 18.0 Å². The Balaban J connectivity index is 0.00000324. The summed E-state index contributed by atoms with van der Waals surface area (Å²) in [6.45, 7) is 2.27. The number of methoxy groups -OCH3 is 1. The summed E-state index contributed by atoms with van der Waals surface area (Å²) in [5.74, 6) is -0.692. The Kier molecular flexibility index (Phi) is 8.44. The van der Waals surface area contributed by atoms with Gasteiger partial charge in [-0.3, -0.25) is 4.79 Å². The van der Waals surface area contributed by atoms with E-state index in [0.717, 1.165) is 5.56 Å². The van der Waals surface area contributed by atoms with E-state index in [9.17, 15) is 9.59 Å². The van der Waals surface area contributed by atoms with Crippen molar-refractivity contribution in [1.29, 1.82) is 0 Å². The highest BCUT2D eigenvalue weighted by Crippen LogP contribution is 1.98. The van der Waals surface area contributed by atoms with Crippen LogP contribution in [-0.4, -0.2) is 25.7 Å². The Hall–Kier alpha value is -1.69. The van der Waals surface area contributed by atoms with Gasteiger partial charge in [0.05, 0.1) is 7.11 Å². The molecule has 0 bridgehead atoms. The molecule has 0 saturated carbocycles. The third-order valence-electron chi connectivity index (χ3n) is 2.15. The van der Waals surface area contributed by atoms with Crippen LogP contribution in [0, 0.1) is 0 Å². The lowest BCUT2D eigenvalue weighted by molar-refractivity contribution is -0.698. The zero-order valence-electron chi connectivity index (χ0n) is 10.8. The van der Waals surface area contributed by atoms with Gasteiger partial charge in [-0.05, 0) is 12.1 Å². The Morgan fingerprint density at radius 3 is 2.79 bits per heavy atom. The summed E-state index contributed by atoms with van der Waals surface area (Å²) in [5.41, 5.74) is 0.866. The molecule has 0 atom stereocenters. The van der Waals surface area contributed by atoms with Crippen molar-refractivity contribution in [2.24, 2.45) is 0 Å². The summed E-state index contributed by atoms with van der Waals surface area (Å²) in [6, 6.07) is 3.71. The van der Waals surface area contributed by atoms with Crippen LogP contribution in [0.3, 0.4) is 0 Å². The van der Waals surface area contributed by atoms with Crippen LogP contribution >= 0.6 is 0 Å². The van der Waals surface area contributed by atoms with Gasteiger partial charge in [-0.1, -0.05) is 0 Å². The molecule has 1 aromatic rings. The molecule has 1 heterocycles. The number of aromatic nitrogens is 1. The maximum atomic E-state index is 10.9. The molecule has 1 aromatic heterocycles. The van der Waals surface area contributed by atoms with Crippen molar-refractivity contribution in [3.8, 4) is 0 Å². The average Bonchev–Trinajstić information content (AvgIpc) is 2.36. The normalized spacial score (nSPS) is 9.79. The van der Waals surface area contributed by atoms with Crippen LogP contribution in [0.4, 0.5) is 0 Å². The van der Waals surface area contributed by atoms with Gasteiger partial charge in [-0.15, -0.1) is 0 Å². The van der Waals surface area contributed by atoms with Crippen LogP contribution in [0.1, 0.15) is 12.5 Å². The van der Waals surface area contributed by atoms with Crippen LogP contribution in [0.15, 0.2) is 30.6 Å². The highest BCUT2D eigenvalue weighted by atomic mass is 79.9. The number of halogens is 1. The molecule has 19 heavy (non-hydrogen) atoms. The first-order chi connectivity index (χ1) is 8.61. The minimum atomic E-state index is -0.398. The molecule has 6 heteroatoms. The first kappa shape index (κ1) is 17.3. The number of carbonyl (C=O) groups excluding carboxylic acids is 2. The average molecular weight is 330 g/mol. The van der Waals surface area contributed by atoms with E-state index in [0.29, 0.717) is 13.2 Å². The molecule has 1 rings (SSSR count). The molecule has 0 spiro atoms. The fourth-order valence-electron chi connectivity index (χ4n) is 1.31. The predicted octanol–water partition coefficient (Wildman–Crippen LogP) is -2.27. The van der Waals surface area contributed by atoms with Crippen molar-refractivity contribution in [1.82, 2.24) is 0 Å². The van der Waals surface area contributed by atoms with E-state index in [1.54, 1.807) is 6.08 Å². The number of hydrogen-bond donors (Lipinski definition) is 0. The summed E-state index contributed by atoms with van der Waals surface area (Å²) in [6.07, 6.45) is 6.72. The molecule has 104 valence electrons. The maximum Gasteiger partial charge on any atom is 0.330 e. The summed E-state index contributed by atoms with van der Waals surface area (Å²) in [7, 11) is 1.33. The molecule has 0 aromatic carbocycles. The van der Waals surface area contributed by atoms with Crippen LogP contribution in [0.2, 0.25) is 0 Å². The molecule has 0 N–H and O–H groups in total. The molecule has 0 saturated heterocycles. The Morgan fingerprint density at radius 1 is 1.42 bits per heavy atom. The van der Waals surface area contributed by atoms with E-state index in [2.05, 4.69) is 4.74 Å². The van der Waals surface area contributed by atoms with E-state index in [1.807, 2.05) is 29.1 Å². The molecule has 0 fully saturated rings. The highest BCUT2D eigenvalue weighted by molar-refractivity contribution is 5.86. The van der Waals surface area contributed by atoms with E-state index >= 15 is 0 Å². The zero-order valence-corrected chi connectivity index (χ0v) is 12.4. The van der Waals surface area contributed by atoms with E-state index in [1.165, 1.54) is 20.1 Å². The van der Waals surface area contributed by atoms with Crippen molar-refractivity contribution in [3.05, 3.63) is 36.2 Å². The molecular formula is C13H16BrNO4. The fourth-order valence-corrected chi connectivity index (χ4v) is 1.31. The number of pyridine rings is 1. The lowest BCUT2D eigenvalue weighted by Gasteiger charge is -1.99. The second-order valence-corrected chi connectivity index (χ2v) is 3.57. The lowest BCUT2D eigenvalue weighted by atomic mass is 10.2. The number of esters is 2. The predicted molar refractivity (Wildman–Crippen MR) is 64.3 cm³/mol. The lowest BCUT2D eigenvalue weighted by Crippen LogP contribution is -3.00. The van der Waals surface area contributed by atoms with Crippen molar-refractivity contribution in [2.45, 2.75) is 13.5 Å². The van der Waals surface area contributed by atoms with Crippen LogP contribution < -0.4 is 21.5 Å². The summed E-state index contributed by atoms with van der Waals surface area (Å²) >= 11 is 0. The topological polar surface area (TPSA) is 56.5 Å². The first-order valence-electron chi connectivity index (χ1n) is 5.50. The van der Waals surface area contributed by atoms with Gasteiger partial charge >= 0.3 is 11.9 Å². The number of hydrogen-bond acceptors (Lipinski definition) is 4. The Bertz CT molecular complexity index is 460. The largest absolute Gasteiger partial charge is 1.00 e. The standard InChI is InChI=1S/C13H16NO4.BrH/c1-11(15)18-9-8-14-7-3-4-12(10-14)5-6-13(16)17-2;/h3-7,10H,8-9H2,1-2H3;1H/q+1;/p-1/b6-5+;. The molecule has 5 nitrogen and oxygen atoms in total. The fraction of sp³-hybridized carbons (Fsp3) is 0.308. The molecular weight excluding hydrogens is 314 g/mol. The van der Waals surface area contributed by atoms with Crippen molar-refractivity contribution in [3.63, 3.8) is 0 Å². The molecule has 0 aliphatic heterocycles. The van der Waals surface area contributed by atoms with Gasteiger partial charge in [0.2, 0.25) is 0 Å². The van der Waals surface area contributed by atoms with Gasteiger partial charge in [-0.25, -0.2) is 9.36 Å². The molecule has 0 radical (unpaired) electrons. The number of rotatable bonds is 5. The highest BCUT2D eigenvalue weighted by Gasteiger charge is 2.02. The summed E-state index contributed by atoms with van der Waals surface area (Å²) in [4.78, 5) is 21.6. The zero-order chi connectivity index (χ0) is 13.4. The molecule has 0 aliphatic carbocycles. The van der Waals surface area contributed by atoms with Gasteiger partial charge in [-0.2, -0.15) is 0 Å². The van der Waals surface area contributed by atoms with Gasteiger partial charge in [0.25, 0.3) is 0 Å². The van der Waals surface area contributed by atoms with Crippen molar-refractivity contribution in [2.75, 3.05) is 13.7 Å². The third-order valence-corrected chi connectivity index (χ3v) is 2.15. The monoisotopic (exact) mass is 329 g/mol. The molecule has 0 unspecified atom stereocenters. The smallest absolute Gasteiger partial charge is 0.330 e. The van der Waals surface area contributed by atoms with E-state index < -0.39 is 5.97 Å². The minimum Gasteiger partial charge on any atom is -1.00 e. The summed E-state index contributed by atoms with van der Waals surface area (Å²) in [5, 5.41) is 0. The Labute approximate surface area is 122 Å². The third kappa shape index (κ3) is 7.35. The minimum absolute atomic E-state index is 0. The molecule has 0 aliphatic rings. The van der Waals surface area contributed by atoms with Crippen molar-refractivity contribution < 1.29 is 40.6 Å². The maximum absolute atomic E-state index is 10.9. The Morgan fingerprint density at radius 2 is 2.16 bits per heavy atom. The van der Waals surface area contributed by atoms with Gasteiger partial charge in [0, 0.05) is 24.6 Å². The number of carbonyl (C=O) groups is 2. The van der Waals surface area contributed by atoms with Crippen LogP contribution in [0.25, 0.3) is 6.08 Å². The summed E-state index contributed by atoms with van der Waals surface area (Å²) < 4.78 is 11.2. The second kappa shape index (κ2) is 9.27. The quantitative estimate of drug-likeness (QED) is 0.347. The first-order valence-corrected chi connectivity index (χ1v) is 5.50. The number of ether oxygens (including phenoxy) is 2. The number of nitrogens with zero attached hydrogens (tertiary/aromatic N) is 1. The molecule has 0 amide bonds. The van der Waals surface area contributed by atoms with E-state index in [-0.39, 0.29) is 23.0 Å². The van der Waals surface area contributed by atoms with Crippen LogP contribution in [0.5, 0.6) is 0 Å².